The van der Waals surface area contributed by atoms with Crippen LogP contribution in [0.3, 0.4) is 0 Å². The van der Waals surface area contributed by atoms with E-state index in [1.54, 1.807) is 36.0 Å². The SMILES string of the molecule is Cn1c(C(=O)O)cc2cccc(Oc3ccnc(NCc4ccccc4)n3)c21. The molecule has 0 radical (unpaired) electrons. The highest BCUT2D eigenvalue weighted by Gasteiger charge is 2.16. The van der Waals surface area contributed by atoms with Gasteiger partial charge in [0.25, 0.3) is 0 Å². The maximum Gasteiger partial charge on any atom is 0.352 e. The number of carboxylic acids is 1. The summed E-state index contributed by atoms with van der Waals surface area (Å²) >= 11 is 0. The molecule has 7 heteroatoms. The van der Waals surface area contributed by atoms with Crippen molar-refractivity contribution < 1.29 is 14.6 Å². The average molecular weight is 374 g/mol. The molecule has 0 aliphatic rings. The van der Waals surface area contributed by atoms with E-state index >= 15 is 0 Å². The smallest absolute Gasteiger partial charge is 0.352 e. The highest BCUT2D eigenvalue weighted by Crippen LogP contribution is 2.31. The van der Waals surface area contributed by atoms with Crippen LogP contribution in [0, 0.1) is 0 Å². The van der Waals surface area contributed by atoms with E-state index in [1.165, 1.54) is 0 Å². The fraction of sp³-hybridized carbons (Fsp3) is 0.0952. The minimum Gasteiger partial charge on any atom is -0.477 e. The normalized spacial score (nSPS) is 10.8. The molecule has 28 heavy (non-hydrogen) atoms. The summed E-state index contributed by atoms with van der Waals surface area (Å²) in [4.78, 5) is 20.0. The number of rotatable bonds is 6. The highest BCUT2D eigenvalue weighted by atomic mass is 16.5. The van der Waals surface area contributed by atoms with E-state index in [4.69, 9.17) is 4.74 Å². The van der Waals surface area contributed by atoms with Crippen molar-refractivity contribution >= 4 is 22.8 Å². The number of nitrogens with zero attached hydrogens (tertiary/aromatic N) is 3. The van der Waals surface area contributed by atoms with E-state index in [9.17, 15) is 9.90 Å². The molecule has 0 spiro atoms. The van der Waals surface area contributed by atoms with Crippen molar-refractivity contribution in [2.75, 3.05) is 5.32 Å². The lowest BCUT2D eigenvalue weighted by molar-refractivity contribution is 0.0687. The van der Waals surface area contributed by atoms with Gasteiger partial charge in [-0.25, -0.2) is 9.78 Å². The third-order valence-corrected chi connectivity index (χ3v) is 4.38. The van der Waals surface area contributed by atoms with Crippen molar-refractivity contribution in [1.29, 1.82) is 0 Å². The molecule has 140 valence electrons. The molecule has 0 atom stereocenters. The van der Waals surface area contributed by atoms with E-state index in [0.717, 1.165) is 10.9 Å². The number of benzene rings is 2. The number of aromatic carboxylic acids is 1. The first-order chi connectivity index (χ1) is 13.6. The van der Waals surface area contributed by atoms with Crippen LogP contribution in [0.2, 0.25) is 0 Å². The van der Waals surface area contributed by atoms with Crippen LogP contribution >= 0.6 is 0 Å². The molecule has 7 nitrogen and oxygen atoms in total. The van der Waals surface area contributed by atoms with E-state index in [1.807, 2.05) is 42.5 Å². The van der Waals surface area contributed by atoms with Crippen molar-refractivity contribution in [3.05, 3.63) is 78.1 Å². The van der Waals surface area contributed by atoms with Crippen molar-refractivity contribution in [2.45, 2.75) is 6.54 Å². The van der Waals surface area contributed by atoms with Crippen molar-refractivity contribution in [3.8, 4) is 11.6 Å². The van der Waals surface area contributed by atoms with Gasteiger partial charge in [-0.3, -0.25) is 0 Å². The molecule has 0 saturated carbocycles. The zero-order chi connectivity index (χ0) is 19.5. The third-order valence-electron chi connectivity index (χ3n) is 4.38. The second kappa shape index (κ2) is 7.40. The lowest BCUT2D eigenvalue weighted by Gasteiger charge is -2.10. The van der Waals surface area contributed by atoms with Crippen LogP contribution in [0.1, 0.15) is 16.1 Å². The maximum absolute atomic E-state index is 11.4. The number of aryl methyl sites for hydroxylation is 1. The lowest BCUT2D eigenvalue weighted by Crippen LogP contribution is -2.05. The first-order valence-corrected chi connectivity index (χ1v) is 8.72. The fourth-order valence-electron chi connectivity index (χ4n) is 3.04. The lowest BCUT2D eigenvalue weighted by atomic mass is 10.2. The molecule has 2 aromatic carbocycles. The number of hydrogen-bond donors (Lipinski definition) is 2. The number of hydrogen-bond acceptors (Lipinski definition) is 5. The summed E-state index contributed by atoms with van der Waals surface area (Å²) in [5.41, 5.74) is 2.00. The Bertz CT molecular complexity index is 1140. The number of para-hydroxylation sites is 1. The standard InChI is InChI=1S/C21H18N4O3/c1-25-16(20(26)27)12-15-8-5-9-17(19(15)25)28-18-10-11-22-21(24-18)23-13-14-6-3-2-4-7-14/h2-12H,13H2,1H3,(H,26,27)(H,22,23,24). The summed E-state index contributed by atoms with van der Waals surface area (Å²) in [5.74, 6) is 0.363. The molecule has 0 fully saturated rings. The van der Waals surface area contributed by atoms with Crippen LogP contribution in [0.4, 0.5) is 5.95 Å². The molecule has 0 aliphatic carbocycles. The van der Waals surface area contributed by atoms with Crippen LogP contribution in [0.25, 0.3) is 10.9 Å². The molecule has 4 aromatic rings. The van der Waals surface area contributed by atoms with Crippen LogP contribution in [0.15, 0.2) is 66.9 Å². The second-order valence-electron chi connectivity index (χ2n) is 6.25. The van der Waals surface area contributed by atoms with Gasteiger partial charge >= 0.3 is 5.97 Å². The van der Waals surface area contributed by atoms with Gasteiger partial charge in [-0.05, 0) is 17.7 Å². The average Bonchev–Trinajstić information content (AvgIpc) is 3.05. The van der Waals surface area contributed by atoms with Crippen molar-refractivity contribution in [2.24, 2.45) is 7.05 Å². The molecule has 0 unspecified atom stereocenters. The van der Waals surface area contributed by atoms with Crippen LogP contribution in [0.5, 0.6) is 11.6 Å². The topological polar surface area (TPSA) is 89.3 Å². The van der Waals surface area contributed by atoms with E-state index in [2.05, 4.69) is 15.3 Å². The molecule has 2 N–H and O–H groups in total. The van der Waals surface area contributed by atoms with Crippen LogP contribution < -0.4 is 10.1 Å². The zero-order valence-corrected chi connectivity index (χ0v) is 15.2. The Morgan fingerprint density at radius 3 is 2.75 bits per heavy atom. The van der Waals surface area contributed by atoms with Crippen LogP contribution in [-0.2, 0) is 13.6 Å². The maximum atomic E-state index is 11.4. The zero-order valence-electron chi connectivity index (χ0n) is 15.2. The number of aromatic nitrogens is 3. The summed E-state index contributed by atoms with van der Waals surface area (Å²) < 4.78 is 7.55. The summed E-state index contributed by atoms with van der Waals surface area (Å²) in [6.07, 6.45) is 1.61. The Morgan fingerprint density at radius 1 is 1.14 bits per heavy atom. The van der Waals surface area contributed by atoms with Gasteiger partial charge in [0.05, 0.1) is 5.52 Å². The Balaban J connectivity index is 1.59. The molecule has 2 aromatic heterocycles. The van der Waals surface area contributed by atoms with Gasteiger partial charge in [-0.1, -0.05) is 42.5 Å². The van der Waals surface area contributed by atoms with Gasteiger partial charge in [0, 0.05) is 31.2 Å². The predicted octanol–water partition coefficient (Wildman–Crippen LogP) is 4.07. The van der Waals surface area contributed by atoms with Crippen molar-refractivity contribution in [3.63, 3.8) is 0 Å². The predicted molar refractivity (Wildman–Crippen MR) is 106 cm³/mol. The number of ether oxygens (including phenoxy) is 1. The molecule has 0 aliphatic heterocycles. The third kappa shape index (κ3) is 3.50. The summed E-state index contributed by atoms with van der Waals surface area (Å²) in [6, 6.07) is 18.7. The first kappa shape index (κ1) is 17.5. The fourth-order valence-corrected chi connectivity index (χ4v) is 3.04. The number of anilines is 1. The quantitative estimate of drug-likeness (QED) is 0.529. The van der Waals surface area contributed by atoms with Gasteiger partial charge < -0.3 is 19.7 Å². The van der Waals surface area contributed by atoms with Crippen LogP contribution in [-0.4, -0.2) is 25.6 Å². The molecule has 4 rings (SSSR count). The number of nitrogens with one attached hydrogen (secondary N) is 1. The Morgan fingerprint density at radius 2 is 1.96 bits per heavy atom. The minimum atomic E-state index is -0.987. The van der Waals surface area contributed by atoms with E-state index < -0.39 is 5.97 Å². The molecular formula is C21H18N4O3. The monoisotopic (exact) mass is 374 g/mol. The van der Waals surface area contributed by atoms with Gasteiger partial charge in [-0.2, -0.15) is 4.98 Å². The minimum absolute atomic E-state index is 0.193. The molecule has 0 saturated heterocycles. The molecule has 0 amide bonds. The first-order valence-electron chi connectivity index (χ1n) is 8.72. The van der Waals surface area contributed by atoms with E-state index in [-0.39, 0.29) is 5.69 Å². The summed E-state index contributed by atoms with van der Waals surface area (Å²) in [5, 5.41) is 13.3. The Kier molecular flexibility index (Phi) is 4.63. The molecule has 0 bridgehead atoms. The van der Waals surface area contributed by atoms with Gasteiger partial charge in [0.1, 0.15) is 5.69 Å². The number of carboxylic acid groups (broad SMARTS) is 1. The van der Waals surface area contributed by atoms with Gasteiger partial charge in [-0.15, -0.1) is 0 Å². The Hall–Kier alpha value is -3.87. The summed E-state index contributed by atoms with van der Waals surface area (Å²) in [7, 11) is 1.70. The number of carbonyl (C=O) groups is 1. The largest absolute Gasteiger partial charge is 0.477 e. The van der Waals surface area contributed by atoms with Crippen molar-refractivity contribution in [1.82, 2.24) is 14.5 Å². The van der Waals surface area contributed by atoms with Gasteiger partial charge in [0.15, 0.2) is 5.75 Å². The summed E-state index contributed by atoms with van der Waals surface area (Å²) in [6.45, 7) is 0.597. The second-order valence-corrected chi connectivity index (χ2v) is 6.25. The van der Waals surface area contributed by atoms with E-state index in [0.29, 0.717) is 29.6 Å². The molecule has 2 heterocycles. The molecular weight excluding hydrogens is 356 g/mol. The Labute approximate surface area is 161 Å². The number of fused-ring (bicyclic) bond motifs is 1. The van der Waals surface area contributed by atoms with Gasteiger partial charge in [0.2, 0.25) is 11.8 Å². The highest BCUT2D eigenvalue weighted by molar-refractivity contribution is 5.96.